The van der Waals surface area contributed by atoms with Crippen LogP contribution in [0, 0.1) is 5.92 Å². The lowest BCUT2D eigenvalue weighted by molar-refractivity contribution is 0.498. The number of hydrogen-bond donors (Lipinski definition) is 0. The van der Waals surface area contributed by atoms with Crippen LogP contribution in [0.25, 0.3) is 49.7 Å². The van der Waals surface area contributed by atoms with Crippen molar-refractivity contribution in [3.8, 4) is 27.9 Å². The Balaban J connectivity index is 1.12. The minimum Gasteiger partial charge on any atom is -0.309 e. The Kier molecular flexibility index (Phi) is 7.28. The predicted octanol–water partition coefficient (Wildman–Crippen LogP) is 12.7. The maximum absolute atomic E-state index is 5.49. The van der Waals surface area contributed by atoms with Gasteiger partial charge in [-0.3, -0.25) is 4.99 Å². The summed E-state index contributed by atoms with van der Waals surface area (Å²) in [5, 5.41) is 2.53. The molecule has 0 radical (unpaired) electrons. The summed E-state index contributed by atoms with van der Waals surface area (Å²) in [6.45, 7) is 4.72. The predicted molar refractivity (Wildman–Crippen MR) is 220 cm³/mol. The van der Waals surface area contributed by atoms with Crippen LogP contribution in [0.4, 0.5) is 0 Å². The first-order chi connectivity index (χ1) is 25.5. The molecule has 3 aliphatic carbocycles. The summed E-state index contributed by atoms with van der Waals surface area (Å²) in [4.78, 5) is 5.49. The van der Waals surface area contributed by atoms with E-state index in [-0.39, 0.29) is 11.5 Å². The van der Waals surface area contributed by atoms with E-state index in [9.17, 15) is 0 Å². The van der Waals surface area contributed by atoms with Crippen LogP contribution in [0.5, 0.6) is 0 Å². The highest BCUT2D eigenvalue weighted by molar-refractivity contribution is 6.15. The largest absolute Gasteiger partial charge is 0.309 e. The molecule has 1 aliphatic heterocycles. The molecule has 0 saturated carbocycles. The third kappa shape index (κ3) is 5.04. The molecular formula is C50H42N2. The SMILES string of the molecule is CC1(C)c2ccccc2-c2ccc(-c3ccc4c(c3)c3ccc(C5=NC(C6C=CC=CC6)CC(C6=CC=CCC6)=C5)cc3n4-c3ccccc3)cc21. The summed E-state index contributed by atoms with van der Waals surface area (Å²) in [6.07, 6.45) is 22.5. The van der Waals surface area contributed by atoms with Crippen molar-refractivity contribution in [1.82, 2.24) is 4.57 Å². The van der Waals surface area contributed by atoms with Gasteiger partial charge in [0.05, 0.1) is 22.8 Å². The van der Waals surface area contributed by atoms with E-state index in [4.69, 9.17) is 4.99 Å². The van der Waals surface area contributed by atoms with E-state index in [1.54, 1.807) is 0 Å². The summed E-state index contributed by atoms with van der Waals surface area (Å²) in [6, 6.07) is 41.1. The zero-order valence-corrected chi connectivity index (χ0v) is 29.9. The van der Waals surface area contributed by atoms with Gasteiger partial charge in [0.1, 0.15) is 0 Å². The Bertz CT molecular complexity index is 2600. The number of hydrogen-bond acceptors (Lipinski definition) is 1. The lowest BCUT2D eigenvalue weighted by Gasteiger charge is -2.28. The zero-order chi connectivity index (χ0) is 34.8. The molecule has 4 aliphatic rings. The van der Waals surface area contributed by atoms with E-state index in [0.29, 0.717) is 5.92 Å². The van der Waals surface area contributed by atoms with Gasteiger partial charge in [0.15, 0.2) is 0 Å². The fraction of sp³-hybridized carbons (Fsp3) is 0.180. The lowest BCUT2D eigenvalue weighted by Crippen LogP contribution is -2.24. The van der Waals surface area contributed by atoms with Crippen molar-refractivity contribution >= 4 is 27.5 Å². The van der Waals surface area contributed by atoms with Crippen LogP contribution in [0.15, 0.2) is 174 Å². The van der Waals surface area contributed by atoms with Crippen molar-refractivity contribution in [2.75, 3.05) is 0 Å². The number of rotatable bonds is 5. The van der Waals surface area contributed by atoms with Gasteiger partial charge in [0.2, 0.25) is 0 Å². The van der Waals surface area contributed by atoms with Gasteiger partial charge in [0, 0.05) is 33.4 Å². The van der Waals surface area contributed by atoms with E-state index in [2.05, 4.69) is 176 Å². The molecule has 2 nitrogen and oxygen atoms in total. The van der Waals surface area contributed by atoms with Gasteiger partial charge in [-0.25, -0.2) is 0 Å². The number of para-hydroxylation sites is 1. The van der Waals surface area contributed by atoms with Crippen molar-refractivity contribution in [3.05, 3.63) is 186 Å². The molecule has 2 atom stereocenters. The fourth-order valence-corrected chi connectivity index (χ4v) is 9.19. The molecule has 0 fully saturated rings. The molecule has 10 rings (SSSR count). The molecule has 0 amide bonds. The summed E-state index contributed by atoms with van der Waals surface area (Å²) < 4.78 is 2.44. The van der Waals surface area contributed by atoms with Crippen LogP contribution in [-0.2, 0) is 5.41 Å². The molecular weight excluding hydrogens is 629 g/mol. The van der Waals surface area contributed by atoms with Crippen LogP contribution in [0.2, 0.25) is 0 Å². The normalized spacial score (nSPS) is 20.1. The Morgan fingerprint density at radius 2 is 1.46 bits per heavy atom. The van der Waals surface area contributed by atoms with Crippen molar-refractivity contribution in [1.29, 1.82) is 0 Å². The number of benzene rings is 5. The van der Waals surface area contributed by atoms with Crippen molar-refractivity contribution in [2.45, 2.75) is 51.0 Å². The smallest absolute Gasteiger partial charge is 0.0654 e. The summed E-state index contributed by atoms with van der Waals surface area (Å²) >= 11 is 0. The highest BCUT2D eigenvalue weighted by atomic mass is 15.0. The first-order valence-corrected chi connectivity index (χ1v) is 18.9. The molecule has 52 heavy (non-hydrogen) atoms. The van der Waals surface area contributed by atoms with Crippen LogP contribution < -0.4 is 0 Å². The molecule has 252 valence electrons. The zero-order valence-electron chi connectivity index (χ0n) is 29.9. The quantitative estimate of drug-likeness (QED) is 0.174. The van der Waals surface area contributed by atoms with Gasteiger partial charge < -0.3 is 4.57 Å². The Labute approximate surface area is 306 Å². The molecule has 0 N–H and O–H groups in total. The van der Waals surface area contributed by atoms with Gasteiger partial charge >= 0.3 is 0 Å². The highest BCUT2D eigenvalue weighted by Gasteiger charge is 2.35. The number of aliphatic imine (C=N–C) groups is 1. The van der Waals surface area contributed by atoms with Gasteiger partial charge in [0.25, 0.3) is 0 Å². The van der Waals surface area contributed by atoms with Crippen LogP contribution in [0.3, 0.4) is 0 Å². The van der Waals surface area contributed by atoms with Crippen LogP contribution in [0.1, 0.15) is 56.2 Å². The minimum atomic E-state index is -0.0326. The molecule has 6 aromatic rings. The average molecular weight is 671 g/mol. The first kappa shape index (κ1) is 31.0. The van der Waals surface area contributed by atoms with Gasteiger partial charge in [-0.1, -0.05) is 129 Å². The average Bonchev–Trinajstić information content (AvgIpc) is 3.66. The van der Waals surface area contributed by atoms with Crippen LogP contribution >= 0.6 is 0 Å². The second-order valence-electron chi connectivity index (χ2n) is 15.4. The Morgan fingerprint density at radius 3 is 2.31 bits per heavy atom. The number of allylic oxidation sites excluding steroid dienone is 8. The summed E-state index contributed by atoms with van der Waals surface area (Å²) in [7, 11) is 0. The number of nitrogens with zero attached hydrogens (tertiary/aromatic N) is 2. The van der Waals surface area contributed by atoms with Gasteiger partial charge in [-0.2, -0.15) is 0 Å². The van der Waals surface area contributed by atoms with Gasteiger partial charge in [-0.15, -0.1) is 0 Å². The Morgan fingerprint density at radius 1 is 0.654 bits per heavy atom. The summed E-state index contributed by atoms with van der Waals surface area (Å²) in [5.41, 5.74) is 16.8. The minimum absolute atomic E-state index is 0.0326. The molecule has 2 heterocycles. The van der Waals surface area contributed by atoms with E-state index in [1.807, 2.05) is 0 Å². The molecule has 0 bridgehead atoms. The first-order valence-electron chi connectivity index (χ1n) is 18.9. The molecule has 0 saturated heterocycles. The second-order valence-corrected chi connectivity index (χ2v) is 15.4. The van der Waals surface area contributed by atoms with Crippen molar-refractivity contribution in [3.63, 3.8) is 0 Å². The van der Waals surface area contributed by atoms with E-state index < -0.39 is 0 Å². The third-order valence-corrected chi connectivity index (χ3v) is 12.0. The maximum atomic E-state index is 5.49. The number of dihydropyridines is 1. The molecule has 2 heteroatoms. The monoisotopic (exact) mass is 670 g/mol. The molecule has 0 spiro atoms. The third-order valence-electron chi connectivity index (χ3n) is 12.0. The molecule has 1 aromatic heterocycles. The van der Waals surface area contributed by atoms with E-state index in [0.717, 1.165) is 31.4 Å². The standard InChI is InChI=1S/C50H42N2/c1-50(2)44-21-13-12-20-40(44)41-25-22-36(29-45(41)50)35-24-27-48-43(28-35)42-26-23-37(32-49(42)52(48)39-18-10-5-11-19-39)47-31-38(33-14-6-3-7-15-33)30-46(51-47)34-16-8-4-9-17-34/h3-6,8-14,16,18-29,31-32,34,46H,7,15,17,30H2,1-2H3. The van der Waals surface area contributed by atoms with Crippen molar-refractivity contribution in [2.24, 2.45) is 10.9 Å². The number of aromatic nitrogens is 1. The summed E-state index contributed by atoms with van der Waals surface area (Å²) in [5.74, 6) is 0.417. The fourth-order valence-electron chi connectivity index (χ4n) is 9.19. The lowest BCUT2D eigenvalue weighted by atomic mass is 9.81. The number of fused-ring (bicyclic) bond motifs is 6. The maximum Gasteiger partial charge on any atom is 0.0654 e. The highest BCUT2D eigenvalue weighted by Crippen LogP contribution is 2.49. The topological polar surface area (TPSA) is 17.3 Å². The second kappa shape index (κ2) is 12.2. The molecule has 5 aromatic carbocycles. The Hall–Kier alpha value is -5.73. The van der Waals surface area contributed by atoms with E-state index in [1.165, 1.54) is 77.6 Å². The molecule has 2 unspecified atom stereocenters. The van der Waals surface area contributed by atoms with Crippen LogP contribution in [-0.4, -0.2) is 16.3 Å². The van der Waals surface area contributed by atoms with E-state index >= 15 is 0 Å². The van der Waals surface area contributed by atoms with Gasteiger partial charge in [-0.05, 0) is 113 Å². The van der Waals surface area contributed by atoms with Crippen molar-refractivity contribution < 1.29 is 0 Å².